The van der Waals surface area contributed by atoms with Gasteiger partial charge in [-0.05, 0) is 25.3 Å². The number of rotatable bonds is 7. The minimum Gasteiger partial charge on any atom is -0.480 e. The van der Waals surface area contributed by atoms with Crippen molar-refractivity contribution in [3.63, 3.8) is 0 Å². The molecule has 1 aromatic heterocycles. The predicted molar refractivity (Wildman–Crippen MR) is 88.0 cm³/mol. The average molecular weight is 342 g/mol. The van der Waals surface area contributed by atoms with Crippen molar-refractivity contribution < 1.29 is 24.2 Å². The summed E-state index contributed by atoms with van der Waals surface area (Å²) in [5, 5.41) is 14.7. The minimum atomic E-state index is -1.09. The molecule has 7 nitrogen and oxygen atoms in total. The molecule has 0 radical (unpaired) electrons. The number of ether oxygens (including phenoxy) is 1. The Kier molecular flexibility index (Phi) is 6.71. The van der Waals surface area contributed by atoms with Crippen LogP contribution in [0.4, 0.5) is 5.00 Å². The molecule has 1 heterocycles. The predicted octanol–water partition coefficient (Wildman–Crippen LogP) is 1.79. The van der Waals surface area contributed by atoms with Crippen LogP contribution in [0.5, 0.6) is 0 Å². The summed E-state index contributed by atoms with van der Waals surface area (Å²) in [4.78, 5) is 36.3. The maximum absolute atomic E-state index is 12.5. The third-order valence-corrected chi connectivity index (χ3v) is 4.48. The maximum Gasteiger partial charge on any atom is 0.326 e. The number of aliphatic carboxylic acids is 1. The Morgan fingerprint density at radius 2 is 1.87 bits per heavy atom. The van der Waals surface area contributed by atoms with Gasteiger partial charge in [-0.3, -0.25) is 9.59 Å². The summed E-state index contributed by atoms with van der Waals surface area (Å²) in [6.45, 7) is 6.90. The first-order valence-electron chi connectivity index (χ1n) is 7.11. The molecule has 3 N–H and O–H groups in total. The zero-order valence-electron chi connectivity index (χ0n) is 13.9. The molecule has 1 unspecified atom stereocenters. The molecule has 128 valence electrons. The van der Waals surface area contributed by atoms with Crippen LogP contribution in [0.25, 0.3) is 0 Å². The molecule has 1 rings (SSSR count). The second kappa shape index (κ2) is 8.07. The van der Waals surface area contributed by atoms with Crippen molar-refractivity contribution in [2.45, 2.75) is 33.7 Å². The van der Waals surface area contributed by atoms with Crippen LogP contribution >= 0.6 is 11.3 Å². The molecule has 0 aliphatic carbocycles. The van der Waals surface area contributed by atoms with Crippen LogP contribution < -0.4 is 10.6 Å². The normalized spacial score (nSPS) is 12.1. The lowest BCUT2D eigenvalue weighted by atomic mass is 10.0. The number of carboxylic acids is 1. The maximum atomic E-state index is 12.5. The highest BCUT2D eigenvalue weighted by molar-refractivity contribution is 7.16. The van der Waals surface area contributed by atoms with Gasteiger partial charge in [-0.2, -0.15) is 0 Å². The van der Waals surface area contributed by atoms with Crippen LogP contribution in [0, 0.1) is 19.8 Å². The van der Waals surface area contributed by atoms with E-state index in [4.69, 9.17) is 4.74 Å². The lowest BCUT2D eigenvalue weighted by Crippen LogP contribution is -2.44. The van der Waals surface area contributed by atoms with Crippen molar-refractivity contribution in [2.75, 3.05) is 19.0 Å². The van der Waals surface area contributed by atoms with E-state index < -0.39 is 17.9 Å². The third-order valence-electron chi connectivity index (χ3n) is 3.36. The van der Waals surface area contributed by atoms with E-state index in [1.807, 2.05) is 6.92 Å². The second-order valence-electron chi connectivity index (χ2n) is 5.50. The highest BCUT2D eigenvalue weighted by atomic mass is 32.1. The molecule has 8 heteroatoms. The lowest BCUT2D eigenvalue weighted by molar-refractivity contribution is -0.140. The Morgan fingerprint density at radius 1 is 1.26 bits per heavy atom. The van der Waals surface area contributed by atoms with Gasteiger partial charge in [0, 0.05) is 12.0 Å². The van der Waals surface area contributed by atoms with Gasteiger partial charge in [0.15, 0.2) is 0 Å². The summed E-state index contributed by atoms with van der Waals surface area (Å²) >= 11 is 1.27. The Bertz CT molecular complexity index is 609. The smallest absolute Gasteiger partial charge is 0.326 e. The van der Waals surface area contributed by atoms with Crippen LogP contribution in [0.2, 0.25) is 0 Å². The van der Waals surface area contributed by atoms with Gasteiger partial charge in [0.1, 0.15) is 17.6 Å². The van der Waals surface area contributed by atoms with Crippen molar-refractivity contribution in [3.8, 4) is 0 Å². The molecule has 0 aromatic carbocycles. The molecule has 0 aliphatic heterocycles. The molecule has 0 saturated carbocycles. The van der Waals surface area contributed by atoms with E-state index in [2.05, 4.69) is 10.6 Å². The lowest BCUT2D eigenvalue weighted by Gasteiger charge is -2.18. The number of methoxy groups -OCH3 is 1. The van der Waals surface area contributed by atoms with Gasteiger partial charge < -0.3 is 20.5 Å². The summed E-state index contributed by atoms with van der Waals surface area (Å²) in [5.74, 6) is -2.24. The van der Waals surface area contributed by atoms with E-state index in [1.54, 1.807) is 20.8 Å². The van der Waals surface area contributed by atoms with E-state index in [1.165, 1.54) is 18.4 Å². The topological polar surface area (TPSA) is 105 Å². The van der Waals surface area contributed by atoms with Gasteiger partial charge >= 0.3 is 5.97 Å². The quantitative estimate of drug-likeness (QED) is 0.701. The van der Waals surface area contributed by atoms with Crippen LogP contribution in [-0.4, -0.2) is 42.6 Å². The number of thiophene rings is 1. The van der Waals surface area contributed by atoms with Crippen LogP contribution in [0.15, 0.2) is 0 Å². The third kappa shape index (κ3) is 4.77. The summed E-state index contributed by atoms with van der Waals surface area (Å²) in [5.41, 5.74) is 1.01. The van der Waals surface area contributed by atoms with E-state index in [-0.39, 0.29) is 18.4 Å². The summed E-state index contributed by atoms with van der Waals surface area (Å²) in [6.07, 6.45) is 0. The molecular formula is C15H22N2O5S. The molecule has 0 aliphatic rings. The molecule has 0 fully saturated rings. The molecule has 0 spiro atoms. The van der Waals surface area contributed by atoms with Crippen molar-refractivity contribution in [2.24, 2.45) is 5.92 Å². The number of nitrogens with one attached hydrogen (secondary N) is 2. The van der Waals surface area contributed by atoms with Crippen molar-refractivity contribution in [1.29, 1.82) is 0 Å². The summed E-state index contributed by atoms with van der Waals surface area (Å²) in [6, 6.07) is -0.996. The molecule has 1 atom stereocenters. The standard InChI is InChI=1S/C15H22N2O5S/c1-7(2)12(15(20)21)17-13(19)11-8(3)9(4)23-14(11)16-10(18)6-22-5/h7,12H,6H2,1-5H3,(H,16,18)(H,17,19)(H,20,21). The number of aryl methyl sites for hydroxylation is 1. The van der Waals surface area contributed by atoms with E-state index >= 15 is 0 Å². The molecule has 0 bridgehead atoms. The zero-order chi connectivity index (χ0) is 17.7. The van der Waals surface area contributed by atoms with Crippen LogP contribution in [-0.2, 0) is 14.3 Å². The van der Waals surface area contributed by atoms with Gasteiger partial charge in [0.2, 0.25) is 0 Å². The SMILES string of the molecule is COCC(=O)Nc1sc(C)c(C)c1C(=O)NC(C(=O)O)C(C)C. The first-order chi connectivity index (χ1) is 10.7. The van der Waals surface area contributed by atoms with Gasteiger partial charge in [-0.25, -0.2) is 4.79 Å². The van der Waals surface area contributed by atoms with Crippen molar-refractivity contribution in [1.82, 2.24) is 5.32 Å². The average Bonchev–Trinajstić information content (AvgIpc) is 2.70. The largest absolute Gasteiger partial charge is 0.480 e. The van der Waals surface area contributed by atoms with Gasteiger partial charge in [-0.15, -0.1) is 11.3 Å². The Balaban J connectivity index is 3.08. The highest BCUT2D eigenvalue weighted by Gasteiger charge is 2.27. The number of anilines is 1. The van der Waals surface area contributed by atoms with E-state index in [0.717, 1.165) is 4.88 Å². The van der Waals surface area contributed by atoms with Gasteiger partial charge in [-0.1, -0.05) is 13.8 Å². The molecule has 23 heavy (non-hydrogen) atoms. The second-order valence-corrected chi connectivity index (χ2v) is 6.73. The monoisotopic (exact) mass is 342 g/mol. The number of amides is 2. The Hall–Kier alpha value is -1.93. The van der Waals surface area contributed by atoms with Gasteiger partial charge in [0.05, 0.1) is 5.56 Å². The first-order valence-corrected chi connectivity index (χ1v) is 7.93. The first kappa shape index (κ1) is 19.1. The van der Waals surface area contributed by atoms with Crippen LogP contribution in [0.1, 0.15) is 34.6 Å². The fourth-order valence-corrected chi connectivity index (χ4v) is 3.08. The minimum absolute atomic E-state index is 0.124. The van der Waals surface area contributed by atoms with Crippen molar-refractivity contribution >= 4 is 34.1 Å². The zero-order valence-corrected chi connectivity index (χ0v) is 14.7. The number of carboxylic acid groups (broad SMARTS) is 1. The van der Waals surface area contributed by atoms with Crippen molar-refractivity contribution in [3.05, 3.63) is 16.0 Å². The summed E-state index contributed by atoms with van der Waals surface area (Å²) < 4.78 is 4.76. The summed E-state index contributed by atoms with van der Waals surface area (Å²) in [7, 11) is 1.40. The van der Waals surface area contributed by atoms with E-state index in [0.29, 0.717) is 16.1 Å². The fourth-order valence-electron chi connectivity index (χ4n) is 2.01. The highest BCUT2D eigenvalue weighted by Crippen LogP contribution is 2.32. The Morgan fingerprint density at radius 3 is 2.35 bits per heavy atom. The molecule has 1 aromatic rings. The van der Waals surface area contributed by atoms with Gasteiger partial charge in [0.25, 0.3) is 11.8 Å². The number of carbonyl (C=O) groups excluding carboxylic acids is 2. The van der Waals surface area contributed by atoms with E-state index in [9.17, 15) is 19.5 Å². The molecular weight excluding hydrogens is 320 g/mol. The number of hydrogen-bond donors (Lipinski definition) is 3. The van der Waals surface area contributed by atoms with Crippen LogP contribution in [0.3, 0.4) is 0 Å². The number of carbonyl (C=O) groups is 3. The fraction of sp³-hybridized carbons (Fsp3) is 0.533. The Labute approximate surface area is 139 Å². The molecule has 0 saturated heterocycles. The number of hydrogen-bond acceptors (Lipinski definition) is 5. The molecule has 2 amide bonds.